The summed E-state index contributed by atoms with van der Waals surface area (Å²) in [5.41, 5.74) is 2.01. The Morgan fingerprint density at radius 1 is 1.17 bits per heavy atom. The van der Waals surface area contributed by atoms with Gasteiger partial charge in [0.15, 0.2) is 0 Å². The van der Waals surface area contributed by atoms with Gasteiger partial charge in [-0.25, -0.2) is 4.39 Å². The molecule has 2 rings (SSSR count). The van der Waals surface area contributed by atoms with Gasteiger partial charge in [0.1, 0.15) is 12.9 Å². The van der Waals surface area contributed by atoms with Gasteiger partial charge >= 0.3 is 5.97 Å². The number of aliphatic carboxylic acids is 1. The molecule has 0 heterocycles. The molecule has 0 aliphatic heterocycles. The van der Waals surface area contributed by atoms with Crippen LogP contribution in [0.4, 0.5) is 4.39 Å². The fraction of sp³-hybridized carbons (Fsp3) is 0.176. The van der Waals surface area contributed by atoms with Crippen LogP contribution >= 0.6 is 11.6 Å². The summed E-state index contributed by atoms with van der Waals surface area (Å²) in [4.78, 5) is 15.4. The molecule has 0 spiro atoms. The maximum atomic E-state index is 14.4. The number of hydrogen-bond donors (Lipinski definition) is 1. The molecule has 0 bridgehead atoms. The zero-order valence-corrected chi connectivity index (χ0v) is 13.2. The molecular formula is C17H15ClFNO3. The van der Waals surface area contributed by atoms with Crippen LogP contribution in [0.25, 0.3) is 11.1 Å². The van der Waals surface area contributed by atoms with Crippen molar-refractivity contribution in [3.8, 4) is 11.1 Å². The summed E-state index contributed by atoms with van der Waals surface area (Å²) in [6.07, 6.45) is -0.0685. The van der Waals surface area contributed by atoms with Crippen LogP contribution in [-0.4, -0.2) is 23.9 Å². The lowest BCUT2D eigenvalue weighted by Gasteiger charge is -2.08. The number of carboxylic acid groups (broad SMARTS) is 1. The Balaban J connectivity index is 2.31. The Labute approximate surface area is 138 Å². The number of rotatable bonds is 6. The second kappa shape index (κ2) is 7.74. The minimum Gasteiger partial charge on any atom is -0.481 e. The average molecular weight is 336 g/mol. The molecule has 0 saturated heterocycles. The first kappa shape index (κ1) is 17.0. The lowest BCUT2D eigenvalue weighted by molar-refractivity contribution is -0.136. The average Bonchev–Trinajstić information content (AvgIpc) is 2.52. The highest BCUT2D eigenvalue weighted by Crippen LogP contribution is 2.24. The van der Waals surface area contributed by atoms with E-state index in [2.05, 4.69) is 9.99 Å². The molecule has 0 aliphatic carbocycles. The van der Waals surface area contributed by atoms with Gasteiger partial charge in [-0.1, -0.05) is 35.0 Å². The standard InChI is InChI=1S/C17H15ClFNO3/c1-23-20-16(8-9-17(21)22)14-7-4-12(10-15(14)19)11-2-5-13(18)6-3-11/h2-7,10H,8-9H2,1H3,(H,21,22). The van der Waals surface area contributed by atoms with E-state index in [9.17, 15) is 9.18 Å². The van der Waals surface area contributed by atoms with Gasteiger partial charge in [-0.3, -0.25) is 4.79 Å². The van der Waals surface area contributed by atoms with Crippen LogP contribution in [0.1, 0.15) is 18.4 Å². The smallest absolute Gasteiger partial charge is 0.303 e. The van der Waals surface area contributed by atoms with Crippen LogP contribution in [0.2, 0.25) is 5.02 Å². The van der Waals surface area contributed by atoms with Gasteiger partial charge in [-0.15, -0.1) is 0 Å². The fourth-order valence-electron chi connectivity index (χ4n) is 2.14. The first-order valence-corrected chi connectivity index (χ1v) is 7.26. The lowest BCUT2D eigenvalue weighted by atomic mass is 9.99. The number of benzene rings is 2. The predicted octanol–water partition coefficient (Wildman–Crippen LogP) is 4.36. The summed E-state index contributed by atoms with van der Waals surface area (Å²) in [5, 5.41) is 13.1. The van der Waals surface area contributed by atoms with E-state index < -0.39 is 11.8 Å². The summed E-state index contributed by atoms with van der Waals surface area (Å²) in [7, 11) is 1.33. The second-order valence-electron chi connectivity index (χ2n) is 4.82. The Hall–Kier alpha value is -2.40. The summed E-state index contributed by atoms with van der Waals surface area (Å²) < 4.78 is 14.4. The summed E-state index contributed by atoms with van der Waals surface area (Å²) in [5.74, 6) is -1.47. The Morgan fingerprint density at radius 2 is 1.83 bits per heavy atom. The maximum Gasteiger partial charge on any atom is 0.303 e. The van der Waals surface area contributed by atoms with Crippen molar-refractivity contribution < 1.29 is 19.1 Å². The molecule has 2 aromatic rings. The molecule has 0 atom stereocenters. The van der Waals surface area contributed by atoms with Crippen molar-refractivity contribution in [2.24, 2.45) is 5.16 Å². The SMILES string of the molecule is CON=C(CCC(=O)O)c1ccc(-c2ccc(Cl)cc2)cc1F. The molecule has 0 saturated carbocycles. The maximum absolute atomic E-state index is 14.4. The van der Waals surface area contributed by atoms with Crippen LogP contribution in [0.15, 0.2) is 47.6 Å². The predicted molar refractivity (Wildman–Crippen MR) is 87.3 cm³/mol. The van der Waals surface area contributed by atoms with Gasteiger partial charge in [-0.2, -0.15) is 0 Å². The molecule has 2 aromatic carbocycles. The van der Waals surface area contributed by atoms with Crippen LogP contribution in [0, 0.1) is 5.82 Å². The molecule has 0 aromatic heterocycles. The highest BCUT2D eigenvalue weighted by Gasteiger charge is 2.13. The summed E-state index contributed by atoms with van der Waals surface area (Å²) in [6, 6.07) is 11.7. The van der Waals surface area contributed by atoms with E-state index in [-0.39, 0.29) is 24.1 Å². The molecular weight excluding hydrogens is 321 g/mol. The van der Waals surface area contributed by atoms with Crippen LogP contribution in [0.3, 0.4) is 0 Å². The van der Waals surface area contributed by atoms with Crippen molar-refractivity contribution in [2.75, 3.05) is 7.11 Å². The van der Waals surface area contributed by atoms with E-state index >= 15 is 0 Å². The van der Waals surface area contributed by atoms with E-state index in [0.29, 0.717) is 10.6 Å². The van der Waals surface area contributed by atoms with Crippen molar-refractivity contribution in [2.45, 2.75) is 12.8 Å². The Bertz CT molecular complexity index is 729. The number of oxime groups is 1. The first-order valence-electron chi connectivity index (χ1n) is 6.89. The van der Waals surface area contributed by atoms with Crippen LogP contribution in [0.5, 0.6) is 0 Å². The van der Waals surface area contributed by atoms with Gasteiger partial charge in [0, 0.05) is 17.0 Å². The summed E-state index contributed by atoms with van der Waals surface area (Å²) in [6.45, 7) is 0. The minimum absolute atomic E-state index is 0.0837. The number of hydrogen-bond acceptors (Lipinski definition) is 3. The van der Waals surface area contributed by atoms with E-state index in [1.807, 2.05) is 0 Å². The van der Waals surface area contributed by atoms with Gasteiger partial charge in [0.05, 0.1) is 12.1 Å². The largest absolute Gasteiger partial charge is 0.481 e. The van der Waals surface area contributed by atoms with E-state index in [1.165, 1.54) is 13.2 Å². The Morgan fingerprint density at radius 3 is 2.39 bits per heavy atom. The second-order valence-corrected chi connectivity index (χ2v) is 5.25. The van der Waals surface area contributed by atoms with E-state index in [4.69, 9.17) is 16.7 Å². The minimum atomic E-state index is -0.980. The number of nitrogens with zero attached hydrogens (tertiary/aromatic N) is 1. The van der Waals surface area contributed by atoms with Crippen molar-refractivity contribution in [3.63, 3.8) is 0 Å². The fourth-order valence-corrected chi connectivity index (χ4v) is 2.26. The zero-order chi connectivity index (χ0) is 16.8. The van der Waals surface area contributed by atoms with E-state index in [0.717, 1.165) is 5.56 Å². The number of carbonyl (C=O) groups is 1. The Kier molecular flexibility index (Phi) is 5.71. The van der Waals surface area contributed by atoms with Crippen molar-refractivity contribution in [1.82, 2.24) is 0 Å². The highest BCUT2D eigenvalue weighted by molar-refractivity contribution is 6.30. The number of carboxylic acids is 1. The van der Waals surface area contributed by atoms with Crippen molar-refractivity contribution >= 4 is 23.3 Å². The molecule has 0 radical (unpaired) electrons. The third kappa shape index (κ3) is 4.53. The molecule has 23 heavy (non-hydrogen) atoms. The van der Waals surface area contributed by atoms with Gasteiger partial charge in [-0.05, 0) is 35.4 Å². The molecule has 4 nitrogen and oxygen atoms in total. The normalized spacial score (nSPS) is 11.3. The molecule has 0 unspecified atom stereocenters. The molecule has 120 valence electrons. The molecule has 0 aliphatic rings. The molecule has 6 heteroatoms. The van der Waals surface area contributed by atoms with Crippen molar-refractivity contribution in [1.29, 1.82) is 0 Å². The van der Waals surface area contributed by atoms with Gasteiger partial charge in [0.25, 0.3) is 0 Å². The van der Waals surface area contributed by atoms with Crippen molar-refractivity contribution in [3.05, 3.63) is 58.9 Å². The number of halogens is 2. The molecule has 0 amide bonds. The molecule has 0 fully saturated rings. The quantitative estimate of drug-likeness (QED) is 0.630. The van der Waals surface area contributed by atoms with Gasteiger partial charge in [0.2, 0.25) is 0 Å². The lowest BCUT2D eigenvalue weighted by Crippen LogP contribution is -2.08. The van der Waals surface area contributed by atoms with Crippen LogP contribution in [-0.2, 0) is 9.63 Å². The monoisotopic (exact) mass is 335 g/mol. The van der Waals surface area contributed by atoms with Gasteiger partial charge < -0.3 is 9.94 Å². The summed E-state index contributed by atoms with van der Waals surface area (Å²) >= 11 is 5.84. The van der Waals surface area contributed by atoms with E-state index in [1.54, 1.807) is 36.4 Å². The highest BCUT2D eigenvalue weighted by atomic mass is 35.5. The third-order valence-corrected chi connectivity index (χ3v) is 3.49. The molecule has 1 N–H and O–H groups in total. The zero-order valence-electron chi connectivity index (χ0n) is 12.4. The topological polar surface area (TPSA) is 58.9 Å². The third-order valence-electron chi connectivity index (χ3n) is 3.23. The first-order chi connectivity index (χ1) is 11.0. The van der Waals surface area contributed by atoms with Crippen LogP contribution < -0.4 is 0 Å².